The lowest BCUT2D eigenvalue weighted by atomic mass is 9.96. The maximum absolute atomic E-state index is 13.4. The Morgan fingerprint density at radius 2 is 2.15 bits per heavy atom. The maximum atomic E-state index is 13.4. The fourth-order valence-electron chi connectivity index (χ4n) is 2.22. The van der Waals surface area contributed by atoms with Crippen LogP contribution in [-0.2, 0) is 0 Å². The molecule has 0 radical (unpaired) electrons. The largest absolute Gasteiger partial charge is 0.306 e. The first-order chi connectivity index (χ1) is 9.63. The molecule has 1 heterocycles. The van der Waals surface area contributed by atoms with Crippen LogP contribution < -0.4 is 5.32 Å². The molecule has 0 aliphatic rings. The van der Waals surface area contributed by atoms with E-state index >= 15 is 0 Å². The quantitative estimate of drug-likeness (QED) is 0.876. The Labute approximate surface area is 127 Å². The van der Waals surface area contributed by atoms with Gasteiger partial charge >= 0.3 is 0 Å². The van der Waals surface area contributed by atoms with Gasteiger partial charge in [0, 0.05) is 10.7 Å². The minimum Gasteiger partial charge on any atom is -0.306 e. The van der Waals surface area contributed by atoms with Crippen molar-refractivity contribution < 1.29 is 4.39 Å². The zero-order chi connectivity index (χ0) is 14.5. The normalized spacial score (nSPS) is 12.4. The zero-order valence-corrected chi connectivity index (χ0v) is 13.2. The minimum atomic E-state index is -0.307. The van der Waals surface area contributed by atoms with Gasteiger partial charge in [-0.05, 0) is 48.7 Å². The second-order valence-corrected chi connectivity index (χ2v) is 5.63. The third kappa shape index (κ3) is 3.44. The standard InChI is InChI=1S/C16H18BrFN2/c1-3-7-20-16(12-8-13(18)10-19-9-12)14-5-4-6-15(17)11(14)2/h4-6,8-10,16,20H,3,7H2,1-2H3. The summed E-state index contributed by atoms with van der Waals surface area (Å²) in [6.45, 7) is 5.04. The second-order valence-electron chi connectivity index (χ2n) is 4.78. The summed E-state index contributed by atoms with van der Waals surface area (Å²) in [4.78, 5) is 3.96. The predicted molar refractivity (Wildman–Crippen MR) is 83.2 cm³/mol. The fraction of sp³-hybridized carbons (Fsp3) is 0.312. The Kier molecular flexibility index (Phi) is 5.26. The van der Waals surface area contributed by atoms with Crippen LogP contribution in [0.4, 0.5) is 4.39 Å². The predicted octanol–water partition coefficient (Wildman–Crippen LogP) is 4.38. The van der Waals surface area contributed by atoms with E-state index in [4.69, 9.17) is 0 Å². The molecule has 0 aliphatic heterocycles. The average Bonchev–Trinajstić information content (AvgIpc) is 2.44. The van der Waals surface area contributed by atoms with Crippen LogP contribution in [0.3, 0.4) is 0 Å². The first-order valence-corrected chi connectivity index (χ1v) is 7.51. The van der Waals surface area contributed by atoms with Crippen molar-refractivity contribution in [1.82, 2.24) is 10.3 Å². The van der Waals surface area contributed by atoms with Crippen molar-refractivity contribution in [2.24, 2.45) is 0 Å². The summed E-state index contributed by atoms with van der Waals surface area (Å²) in [5, 5.41) is 3.47. The average molecular weight is 337 g/mol. The maximum Gasteiger partial charge on any atom is 0.141 e. The van der Waals surface area contributed by atoms with Gasteiger partial charge in [-0.3, -0.25) is 4.98 Å². The Hall–Kier alpha value is -1.26. The van der Waals surface area contributed by atoms with Gasteiger partial charge in [0.25, 0.3) is 0 Å². The Morgan fingerprint density at radius 1 is 1.35 bits per heavy atom. The van der Waals surface area contributed by atoms with Crippen LogP contribution in [0.5, 0.6) is 0 Å². The molecule has 1 aromatic carbocycles. The molecule has 0 spiro atoms. The van der Waals surface area contributed by atoms with Crippen molar-refractivity contribution in [3.63, 3.8) is 0 Å². The molecule has 0 saturated heterocycles. The van der Waals surface area contributed by atoms with Crippen molar-refractivity contribution in [3.05, 3.63) is 63.6 Å². The smallest absolute Gasteiger partial charge is 0.141 e. The molecule has 2 aromatic rings. The number of nitrogens with one attached hydrogen (secondary N) is 1. The molecule has 0 saturated carbocycles. The monoisotopic (exact) mass is 336 g/mol. The Morgan fingerprint density at radius 3 is 2.85 bits per heavy atom. The first-order valence-electron chi connectivity index (χ1n) is 6.72. The van der Waals surface area contributed by atoms with Crippen LogP contribution in [0, 0.1) is 12.7 Å². The second kappa shape index (κ2) is 6.95. The van der Waals surface area contributed by atoms with E-state index in [9.17, 15) is 4.39 Å². The summed E-state index contributed by atoms with van der Waals surface area (Å²) in [5.74, 6) is -0.307. The minimum absolute atomic E-state index is 0.0457. The number of nitrogens with zero attached hydrogens (tertiary/aromatic N) is 1. The van der Waals surface area contributed by atoms with E-state index in [1.54, 1.807) is 12.3 Å². The van der Waals surface area contributed by atoms with Gasteiger partial charge in [-0.15, -0.1) is 0 Å². The summed E-state index contributed by atoms with van der Waals surface area (Å²) in [6, 6.07) is 7.58. The molecule has 20 heavy (non-hydrogen) atoms. The highest BCUT2D eigenvalue weighted by atomic mass is 79.9. The van der Waals surface area contributed by atoms with E-state index in [0.717, 1.165) is 34.1 Å². The summed E-state index contributed by atoms with van der Waals surface area (Å²) in [7, 11) is 0. The molecule has 1 N–H and O–H groups in total. The van der Waals surface area contributed by atoms with E-state index in [1.807, 2.05) is 12.1 Å². The first kappa shape index (κ1) is 15.1. The van der Waals surface area contributed by atoms with E-state index < -0.39 is 0 Å². The molecule has 106 valence electrons. The molecule has 1 aromatic heterocycles. The number of halogens is 2. The van der Waals surface area contributed by atoms with E-state index in [0.29, 0.717) is 0 Å². The zero-order valence-electron chi connectivity index (χ0n) is 11.7. The molecule has 1 atom stereocenters. The Bertz CT molecular complexity index is 586. The molecule has 4 heteroatoms. The van der Waals surface area contributed by atoms with Crippen LogP contribution in [0.15, 0.2) is 41.1 Å². The molecule has 0 bridgehead atoms. The third-order valence-electron chi connectivity index (χ3n) is 3.28. The van der Waals surface area contributed by atoms with Gasteiger partial charge < -0.3 is 5.32 Å². The topological polar surface area (TPSA) is 24.9 Å². The van der Waals surface area contributed by atoms with Crippen molar-refractivity contribution in [3.8, 4) is 0 Å². The number of hydrogen-bond donors (Lipinski definition) is 1. The molecule has 0 fully saturated rings. The van der Waals surface area contributed by atoms with Crippen LogP contribution in [-0.4, -0.2) is 11.5 Å². The number of rotatable bonds is 5. The Balaban J connectivity index is 2.44. The summed E-state index contributed by atoms with van der Waals surface area (Å²) >= 11 is 3.55. The highest BCUT2D eigenvalue weighted by Crippen LogP contribution is 2.29. The van der Waals surface area contributed by atoms with Gasteiger partial charge in [-0.25, -0.2) is 4.39 Å². The summed E-state index contributed by atoms with van der Waals surface area (Å²) < 4.78 is 14.5. The van der Waals surface area contributed by atoms with Crippen LogP contribution >= 0.6 is 15.9 Å². The van der Waals surface area contributed by atoms with Gasteiger partial charge in [0.1, 0.15) is 5.82 Å². The SMILES string of the molecule is CCCNC(c1cncc(F)c1)c1cccc(Br)c1C. The van der Waals surface area contributed by atoms with E-state index in [2.05, 4.69) is 46.1 Å². The van der Waals surface area contributed by atoms with Gasteiger partial charge in [0.2, 0.25) is 0 Å². The number of pyridine rings is 1. The molecule has 0 aliphatic carbocycles. The molecular formula is C16H18BrFN2. The van der Waals surface area contributed by atoms with Gasteiger partial charge in [-0.1, -0.05) is 35.0 Å². The molecule has 1 unspecified atom stereocenters. The summed E-state index contributed by atoms with van der Waals surface area (Å²) in [6.07, 6.45) is 3.97. The fourth-order valence-corrected chi connectivity index (χ4v) is 2.60. The van der Waals surface area contributed by atoms with Crippen molar-refractivity contribution >= 4 is 15.9 Å². The van der Waals surface area contributed by atoms with Gasteiger partial charge in [-0.2, -0.15) is 0 Å². The number of aromatic nitrogens is 1. The van der Waals surface area contributed by atoms with Crippen molar-refractivity contribution in [2.75, 3.05) is 6.54 Å². The number of benzene rings is 1. The van der Waals surface area contributed by atoms with E-state index in [-0.39, 0.29) is 11.9 Å². The number of hydrogen-bond acceptors (Lipinski definition) is 2. The van der Waals surface area contributed by atoms with Crippen molar-refractivity contribution in [1.29, 1.82) is 0 Å². The molecule has 0 amide bonds. The lowest BCUT2D eigenvalue weighted by Crippen LogP contribution is -2.24. The molecule has 2 nitrogen and oxygen atoms in total. The highest BCUT2D eigenvalue weighted by Gasteiger charge is 2.17. The van der Waals surface area contributed by atoms with Crippen LogP contribution in [0.2, 0.25) is 0 Å². The van der Waals surface area contributed by atoms with Crippen molar-refractivity contribution in [2.45, 2.75) is 26.3 Å². The summed E-state index contributed by atoms with van der Waals surface area (Å²) in [5.41, 5.74) is 3.14. The lowest BCUT2D eigenvalue weighted by Gasteiger charge is -2.21. The molecular weight excluding hydrogens is 319 g/mol. The van der Waals surface area contributed by atoms with Gasteiger partial charge in [0.05, 0.1) is 12.2 Å². The third-order valence-corrected chi connectivity index (χ3v) is 4.14. The lowest BCUT2D eigenvalue weighted by molar-refractivity contribution is 0.578. The molecule has 2 rings (SSSR count). The van der Waals surface area contributed by atoms with E-state index in [1.165, 1.54) is 6.20 Å². The van der Waals surface area contributed by atoms with Crippen LogP contribution in [0.1, 0.15) is 36.1 Å². The van der Waals surface area contributed by atoms with Crippen LogP contribution in [0.25, 0.3) is 0 Å². The van der Waals surface area contributed by atoms with Gasteiger partial charge in [0.15, 0.2) is 0 Å². The highest BCUT2D eigenvalue weighted by molar-refractivity contribution is 9.10.